The second kappa shape index (κ2) is 11.3. The second-order valence-corrected chi connectivity index (χ2v) is 13.9. The number of nitrogens with zero attached hydrogens (tertiary/aromatic N) is 1. The van der Waals surface area contributed by atoms with E-state index in [0.717, 1.165) is 72.0 Å². The minimum atomic E-state index is -3.63. The highest BCUT2D eigenvalue weighted by Gasteiger charge is 2.43. The van der Waals surface area contributed by atoms with Gasteiger partial charge in [0.25, 0.3) is 0 Å². The summed E-state index contributed by atoms with van der Waals surface area (Å²) in [6.07, 6.45) is 1.58. The molecule has 0 amide bonds. The zero-order valence-electron chi connectivity index (χ0n) is 25.9. The molecule has 230 valence electrons. The van der Waals surface area contributed by atoms with Gasteiger partial charge >= 0.3 is 7.59 Å². The van der Waals surface area contributed by atoms with Gasteiger partial charge in [0, 0.05) is 17.0 Å². The van der Waals surface area contributed by atoms with Crippen molar-refractivity contribution < 1.29 is 8.98 Å². The van der Waals surface area contributed by atoms with Crippen LogP contribution in [0.25, 0.3) is 54.9 Å². The molecular weight excluding hydrogens is 609 g/mol. The van der Waals surface area contributed by atoms with E-state index in [4.69, 9.17) is 4.42 Å². The summed E-state index contributed by atoms with van der Waals surface area (Å²) in [5.74, 6) is 0.422. The summed E-state index contributed by atoms with van der Waals surface area (Å²) < 4.78 is 23.2. The molecule has 0 spiro atoms. The van der Waals surface area contributed by atoms with E-state index in [1.54, 1.807) is 18.4 Å². The Hall–Kier alpha value is -6.03. The van der Waals surface area contributed by atoms with E-state index in [1.165, 1.54) is 0 Å². The Balaban J connectivity index is 1.31. The first-order valence-electron chi connectivity index (χ1n) is 16.0. The van der Waals surface area contributed by atoms with Crippen LogP contribution in [0.5, 0.6) is 0 Å². The molecule has 1 unspecified atom stereocenters. The first-order valence-corrected chi connectivity index (χ1v) is 17.6. The van der Waals surface area contributed by atoms with Crippen LogP contribution in [0.1, 0.15) is 0 Å². The minimum absolute atomic E-state index is 0.422. The van der Waals surface area contributed by atoms with Crippen molar-refractivity contribution in [3.63, 3.8) is 0 Å². The molecule has 7 aromatic carbocycles. The van der Waals surface area contributed by atoms with Gasteiger partial charge in [0.15, 0.2) is 0 Å². The van der Waals surface area contributed by atoms with Gasteiger partial charge in [-0.25, -0.2) is 4.57 Å². The number of anilines is 4. The molecule has 1 aromatic heterocycles. The molecule has 0 aliphatic carbocycles. The number of furan rings is 1. The Morgan fingerprint density at radius 2 is 1.04 bits per heavy atom. The lowest BCUT2D eigenvalue weighted by atomic mass is 9.90. The van der Waals surface area contributed by atoms with Crippen LogP contribution in [-0.2, 0) is 4.57 Å². The summed E-state index contributed by atoms with van der Waals surface area (Å²) in [6, 6.07) is 56.0. The van der Waals surface area contributed by atoms with Crippen molar-refractivity contribution in [1.82, 2.24) is 0 Å². The van der Waals surface area contributed by atoms with Crippen LogP contribution in [-0.4, -0.2) is 0 Å². The van der Waals surface area contributed by atoms with Crippen LogP contribution in [0.15, 0.2) is 174 Å². The molecule has 0 bridgehead atoms. The standard InChI is InChI=1S/C42H30N3O2P/c46-48(43-39-27-12-28-47-39)44-42-36(35-23-9-18-31-17-7-21-33(40(31)35)29-13-3-1-4-14-29)24-11-26-38(42)45(48)37-25-10-20-32-19-8-22-34(41(32)37)30-15-5-2-6-16-30/h1-28H,(H2,43,44,46). The molecule has 0 fully saturated rings. The Morgan fingerprint density at radius 3 is 1.69 bits per heavy atom. The summed E-state index contributed by atoms with van der Waals surface area (Å²) in [6.45, 7) is 0. The predicted octanol–water partition coefficient (Wildman–Crippen LogP) is 12.4. The second-order valence-electron chi connectivity index (χ2n) is 11.9. The fraction of sp³-hybridized carbons (Fsp3) is 0. The highest BCUT2D eigenvalue weighted by Crippen LogP contribution is 2.66. The fourth-order valence-corrected chi connectivity index (χ4v) is 9.20. The average Bonchev–Trinajstić information content (AvgIpc) is 3.76. The van der Waals surface area contributed by atoms with Gasteiger partial charge in [-0.2, -0.15) is 0 Å². The van der Waals surface area contributed by atoms with Crippen molar-refractivity contribution in [3.8, 4) is 33.4 Å². The molecule has 5 nitrogen and oxygen atoms in total. The van der Waals surface area contributed by atoms with Crippen LogP contribution >= 0.6 is 7.59 Å². The van der Waals surface area contributed by atoms with Crippen molar-refractivity contribution in [2.75, 3.05) is 14.8 Å². The van der Waals surface area contributed by atoms with Crippen molar-refractivity contribution in [2.24, 2.45) is 0 Å². The lowest BCUT2D eigenvalue weighted by molar-refractivity contribution is 0.570. The molecule has 2 heterocycles. The van der Waals surface area contributed by atoms with E-state index < -0.39 is 7.59 Å². The van der Waals surface area contributed by atoms with Crippen molar-refractivity contribution in [3.05, 3.63) is 170 Å². The van der Waals surface area contributed by atoms with E-state index in [0.29, 0.717) is 5.88 Å². The van der Waals surface area contributed by atoms with E-state index in [-0.39, 0.29) is 0 Å². The molecule has 0 radical (unpaired) electrons. The summed E-state index contributed by atoms with van der Waals surface area (Å²) in [7, 11) is -3.63. The van der Waals surface area contributed by atoms with Crippen LogP contribution in [0.3, 0.4) is 0 Å². The van der Waals surface area contributed by atoms with Crippen LogP contribution in [0.4, 0.5) is 22.9 Å². The number of fused-ring (bicyclic) bond motifs is 3. The summed E-state index contributed by atoms with van der Waals surface area (Å²) in [5.41, 5.74) is 8.93. The monoisotopic (exact) mass is 639 g/mol. The third kappa shape index (κ3) is 4.59. The zero-order chi connectivity index (χ0) is 32.1. The molecule has 1 atom stereocenters. The molecule has 0 saturated carbocycles. The normalized spacial score (nSPS) is 15.4. The van der Waals surface area contributed by atoms with Crippen LogP contribution < -0.4 is 14.8 Å². The maximum atomic E-state index is 15.5. The fourth-order valence-electron chi connectivity index (χ4n) is 7.04. The van der Waals surface area contributed by atoms with Gasteiger partial charge in [0.05, 0.1) is 23.3 Å². The SMILES string of the molecule is O=P1(Nc2ccco2)Nc2c(-c3cccc4cccc(-c5ccccc5)c34)cccc2N1c1cccc2cccc(-c3ccccc3)c12. The molecule has 1 aliphatic rings. The van der Waals surface area contributed by atoms with Gasteiger partial charge in [0.1, 0.15) is 0 Å². The van der Waals surface area contributed by atoms with Gasteiger partial charge in [-0.3, -0.25) is 9.76 Å². The maximum Gasteiger partial charge on any atom is 0.362 e. The summed E-state index contributed by atoms with van der Waals surface area (Å²) in [5, 5.41) is 11.2. The molecule has 2 N–H and O–H groups in total. The quantitative estimate of drug-likeness (QED) is 0.177. The number of nitrogens with one attached hydrogen (secondary N) is 2. The Morgan fingerprint density at radius 1 is 0.500 bits per heavy atom. The number of hydrogen-bond acceptors (Lipinski definition) is 2. The minimum Gasteiger partial charge on any atom is -0.449 e. The predicted molar refractivity (Wildman–Crippen MR) is 200 cm³/mol. The van der Waals surface area contributed by atoms with Gasteiger partial charge in [-0.1, -0.05) is 140 Å². The molecule has 9 rings (SSSR count). The summed E-state index contributed by atoms with van der Waals surface area (Å²) in [4.78, 5) is 0. The van der Waals surface area contributed by atoms with E-state index in [9.17, 15) is 0 Å². The molecule has 0 saturated heterocycles. The lowest BCUT2D eigenvalue weighted by Crippen LogP contribution is -2.17. The third-order valence-electron chi connectivity index (χ3n) is 9.07. The van der Waals surface area contributed by atoms with Crippen LogP contribution in [0, 0.1) is 0 Å². The largest absolute Gasteiger partial charge is 0.449 e. The maximum absolute atomic E-state index is 15.5. The highest BCUT2D eigenvalue weighted by molar-refractivity contribution is 7.69. The average molecular weight is 640 g/mol. The van der Waals surface area contributed by atoms with E-state index >= 15 is 4.57 Å². The smallest absolute Gasteiger partial charge is 0.362 e. The van der Waals surface area contributed by atoms with Gasteiger partial charge < -0.3 is 9.50 Å². The summed E-state index contributed by atoms with van der Waals surface area (Å²) >= 11 is 0. The molecule has 1 aliphatic heterocycles. The Kier molecular flexibility index (Phi) is 6.67. The Labute approximate surface area is 278 Å². The highest BCUT2D eigenvalue weighted by atomic mass is 31.2. The topological polar surface area (TPSA) is 57.5 Å². The van der Waals surface area contributed by atoms with Crippen LogP contribution in [0.2, 0.25) is 0 Å². The van der Waals surface area contributed by atoms with E-state index in [1.807, 2.05) is 41.1 Å². The third-order valence-corrected chi connectivity index (χ3v) is 11.1. The van der Waals surface area contributed by atoms with Crippen molar-refractivity contribution >= 4 is 52.1 Å². The number of benzene rings is 7. The lowest BCUT2D eigenvalue weighted by Gasteiger charge is -2.28. The first kappa shape index (κ1) is 28.2. The van der Waals surface area contributed by atoms with Crippen molar-refractivity contribution in [1.29, 1.82) is 0 Å². The van der Waals surface area contributed by atoms with Gasteiger partial charge in [-0.05, 0) is 62.2 Å². The van der Waals surface area contributed by atoms with Gasteiger partial charge in [-0.15, -0.1) is 0 Å². The van der Waals surface area contributed by atoms with Gasteiger partial charge in [0.2, 0.25) is 5.88 Å². The number of rotatable bonds is 6. The number of para-hydroxylation sites is 1. The molecule has 48 heavy (non-hydrogen) atoms. The Bertz CT molecular complexity index is 2490. The first-order chi connectivity index (χ1) is 23.7. The molecule has 6 heteroatoms. The zero-order valence-corrected chi connectivity index (χ0v) is 26.8. The molecular formula is C42H30N3O2P. The van der Waals surface area contributed by atoms with E-state index in [2.05, 4.69) is 125 Å². The molecule has 8 aromatic rings. The van der Waals surface area contributed by atoms with Crippen molar-refractivity contribution in [2.45, 2.75) is 0 Å². The number of hydrogen-bond donors (Lipinski definition) is 2.